The second kappa shape index (κ2) is 8.93. The summed E-state index contributed by atoms with van der Waals surface area (Å²) in [5.74, 6) is -0.637. The fourth-order valence-electron chi connectivity index (χ4n) is 2.52. The third-order valence-electron chi connectivity index (χ3n) is 4.06. The van der Waals surface area contributed by atoms with Crippen LogP contribution in [0.5, 0.6) is 0 Å². The number of hydrogen-bond acceptors (Lipinski definition) is 7. The summed E-state index contributed by atoms with van der Waals surface area (Å²) in [7, 11) is 0. The van der Waals surface area contributed by atoms with Gasteiger partial charge in [0.15, 0.2) is 5.69 Å². The van der Waals surface area contributed by atoms with E-state index in [9.17, 15) is 19.8 Å². The highest BCUT2D eigenvalue weighted by Crippen LogP contribution is 2.11. The number of carbonyl (C=O) groups excluding carboxylic acids is 1. The molecule has 0 saturated carbocycles. The zero-order valence-electron chi connectivity index (χ0n) is 14.9. The Balaban J connectivity index is 2.02. The highest BCUT2D eigenvalue weighted by molar-refractivity contribution is 6.30. The van der Waals surface area contributed by atoms with E-state index in [1.54, 1.807) is 24.3 Å². The lowest BCUT2D eigenvalue weighted by atomic mass is 10.1. The molecule has 9 nitrogen and oxygen atoms in total. The van der Waals surface area contributed by atoms with Crippen molar-refractivity contribution in [1.82, 2.24) is 15.4 Å². The maximum absolute atomic E-state index is 12.5. The van der Waals surface area contributed by atoms with Crippen LogP contribution in [-0.2, 0) is 0 Å². The number of aromatic amines is 1. The zero-order valence-corrected chi connectivity index (χ0v) is 15.7. The van der Waals surface area contributed by atoms with Crippen molar-refractivity contribution in [2.24, 2.45) is 5.10 Å². The molecular formula is C19H17ClN4O5. The molecule has 1 heterocycles. The van der Waals surface area contributed by atoms with Gasteiger partial charge in [-0.25, -0.2) is 10.4 Å². The molecule has 2 aromatic carbocycles. The molecule has 0 fully saturated rings. The number of nitrogens with zero attached hydrogens (tertiary/aromatic N) is 2. The van der Waals surface area contributed by atoms with Crippen LogP contribution in [0.25, 0.3) is 11.0 Å². The number of rotatable bonds is 6. The van der Waals surface area contributed by atoms with Gasteiger partial charge in [-0.3, -0.25) is 9.59 Å². The van der Waals surface area contributed by atoms with Crippen molar-refractivity contribution < 1.29 is 20.1 Å². The van der Waals surface area contributed by atoms with Crippen molar-refractivity contribution in [3.8, 4) is 0 Å². The van der Waals surface area contributed by atoms with Crippen LogP contribution in [0.2, 0.25) is 5.02 Å². The number of H-pyrrole nitrogens is 1. The van der Waals surface area contributed by atoms with Gasteiger partial charge < -0.3 is 20.3 Å². The van der Waals surface area contributed by atoms with E-state index in [0.29, 0.717) is 16.1 Å². The van der Waals surface area contributed by atoms with Crippen molar-refractivity contribution in [2.75, 3.05) is 6.61 Å². The molecule has 0 bridgehead atoms. The number of aliphatic hydroxyl groups is 3. The lowest BCUT2D eigenvalue weighted by molar-refractivity contribution is 0.0183. The lowest BCUT2D eigenvalue weighted by Gasteiger charge is -2.17. The Morgan fingerprint density at radius 2 is 1.86 bits per heavy atom. The van der Waals surface area contributed by atoms with E-state index in [1.165, 1.54) is 24.3 Å². The Bertz CT molecular complexity index is 1110. The van der Waals surface area contributed by atoms with E-state index in [2.05, 4.69) is 20.5 Å². The minimum absolute atomic E-state index is 0.232. The molecule has 3 aromatic rings. The number of nitrogens with one attached hydrogen (secondary N) is 2. The van der Waals surface area contributed by atoms with Crippen molar-refractivity contribution >= 4 is 34.3 Å². The largest absolute Gasteiger partial charge is 0.394 e. The van der Waals surface area contributed by atoms with Crippen molar-refractivity contribution in [1.29, 1.82) is 0 Å². The Hall–Kier alpha value is -3.11. The summed E-state index contributed by atoms with van der Waals surface area (Å²) in [4.78, 5) is 31.5. The van der Waals surface area contributed by atoms with E-state index < -0.39 is 36.0 Å². The van der Waals surface area contributed by atoms with Crippen LogP contribution >= 0.6 is 11.6 Å². The fraction of sp³-hybridized carbons (Fsp3) is 0.158. The molecule has 1 amide bonds. The van der Waals surface area contributed by atoms with Gasteiger partial charge in [-0.2, -0.15) is 5.10 Å². The molecule has 0 aliphatic heterocycles. The summed E-state index contributed by atoms with van der Waals surface area (Å²) in [6, 6.07) is 12.7. The molecule has 10 heteroatoms. The topological polar surface area (TPSA) is 148 Å². The monoisotopic (exact) mass is 416 g/mol. The van der Waals surface area contributed by atoms with Crippen LogP contribution in [0.15, 0.2) is 58.4 Å². The number of carbonyl (C=O) groups is 1. The number of halogens is 1. The third-order valence-corrected chi connectivity index (χ3v) is 4.31. The molecule has 0 aliphatic carbocycles. The van der Waals surface area contributed by atoms with Crippen LogP contribution < -0.4 is 11.0 Å². The minimum atomic E-state index is -1.78. The number of aliphatic hydroxyl groups excluding tert-OH is 3. The Labute approximate surface area is 169 Å². The number of para-hydroxylation sites is 2. The fourth-order valence-corrected chi connectivity index (χ4v) is 2.65. The minimum Gasteiger partial charge on any atom is -0.394 e. The smallest absolute Gasteiger partial charge is 0.276 e. The Morgan fingerprint density at radius 3 is 2.55 bits per heavy atom. The van der Waals surface area contributed by atoms with Gasteiger partial charge in [0.05, 0.1) is 17.6 Å². The number of hydrazone groups is 1. The standard InChI is InChI=1S/C19H17ClN4O5/c20-11-7-5-10(6-8-11)18(28)24-23-15(17(27)14(26)9-25)16-19(29)22-13-4-2-1-3-12(13)21-16/h1-8,14,17,25-27H,9H2,(H,22,29)(H,24,28). The summed E-state index contributed by atoms with van der Waals surface area (Å²) in [6.07, 6.45) is -3.42. The van der Waals surface area contributed by atoms with Crippen LogP contribution in [0.1, 0.15) is 16.1 Å². The third kappa shape index (κ3) is 4.66. The average molecular weight is 417 g/mol. The molecule has 3 rings (SSSR count). The second-order valence-electron chi connectivity index (χ2n) is 6.07. The van der Waals surface area contributed by atoms with Gasteiger partial charge in [0.25, 0.3) is 11.5 Å². The SMILES string of the molecule is O=C(NN=C(c1nc2ccccc2[nH]c1=O)C(O)C(O)CO)c1ccc(Cl)cc1. The number of fused-ring (bicyclic) bond motifs is 1. The van der Waals surface area contributed by atoms with Crippen LogP contribution in [-0.4, -0.2) is 55.7 Å². The molecule has 29 heavy (non-hydrogen) atoms. The molecule has 0 saturated heterocycles. The van der Waals surface area contributed by atoms with Gasteiger partial charge in [0, 0.05) is 10.6 Å². The molecule has 150 valence electrons. The number of amides is 1. The van der Waals surface area contributed by atoms with E-state index in [1.807, 2.05) is 0 Å². The lowest BCUT2D eigenvalue weighted by Crippen LogP contribution is -2.41. The summed E-state index contributed by atoms with van der Waals surface area (Å²) < 4.78 is 0. The summed E-state index contributed by atoms with van der Waals surface area (Å²) in [5.41, 5.74) is 1.92. The quantitative estimate of drug-likeness (QED) is 0.290. The van der Waals surface area contributed by atoms with Crippen LogP contribution in [0.4, 0.5) is 0 Å². The van der Waals surface area contributed by atoms with Crippen LogP contribution in [0, 0.1) is 0 Å². The average Bonchev–Trinajstić information content (AvgIpc) is 2.73. The van der Waals surface area contributed by atoms with Crippen molar-refractivity contribution in [3.63, 3.8) is 0 Å². The molecular weight excluding hydrogens is 400 g/mol. The number of benzene rings is 2. The van der Waals surface area contributed by atoms with E-state index in [-0.39, 0.29) is 11.3 Å². The summed E-state index contributed by atoms with van der Waals surface area (Å²) >= 11 is 5.79. The first-order chi connectivity index (χ1) is 13.9. The first kappa shape index (κ1) is 20.6. The maximum atomic E-state index is 12.5. The predicted octanol–water partition coefficient (Wildman–Crippen LogP) is 0.425. The first-order valence-corrected chi connectivity index (χ1v) is 8.88. The Kier molecular flexibility index (Phi) is 6.35. The molecule has 2 unspecified atom stereocenters. The van der Waals surface area contributed by atoms with Gasteiger partial charge in [0.1, 0.15) is 17.9 Å². The predicted molar refractivity (Wildman–Crippen MR) is 107 cm³/mol. The van der Waals surface area contributed by atoms with Crippen LogP contribution in [0.3, 0.4) is 0 Å². The highest BCUT2D eigenvalue weighted by atomic mass is 35.5. The molecule has 0 aliphatic rings. The number of aromatic nitrogens is 2. The number of hydrogen-bond donors (Lipinski definition) is 5. The first-order valence-electron chi connectivity index (χ1n) is 8.50. The normalized spacial score (nSPS) is 13.9. The van der Waals surface area contributed by atoms with E-state index in [0.717, 1.165) is 0 Å². The highest BCUT2D eigenvalue weighted by Gasteiger charge is 2.27. The van der Waals surface area contributed by atoms with Gasteiger partial charge in [-0.1, -0.05) is 23.7 Å². The molecule has 1 aromatic heterocycles. The van der Waals surface area contributed by atoms with E-state index >= 15 is 0 Å². The second-order valence-corrected chi connectivity index (χ2v) is 6.51. The van der Waals surface area contributed by atoms with Gasteiger partial charge in [-0.15, -0.1) is 0 Å². The van der Waals surface area contributed by atoms with Gasteiger partial charge >= 0.3 is 0 Å². The summed E-state index contributed by atoms with van der Waals surface area (Å²) in [6.45, 7) is -0.795. The molecule has 0 spiro atoms. The van der Waals surface area contributed by atoms with Gasteiger partial charge in [0.2, 0.25) is 0 Å². The van der Waals surface area contributed by atoms with Crippen molar-refractivity contribution in [2.45, 2.75) is 12.2 Å². The van der Waals surface area contributed by atoms with E-state index in [4.69, 9.17) is 16.7 Å². The summed E-state index contributed by atoms with van der Waals surface area (Å²) in [5, 5.41) is 33.6. The molecule has 2 atom stereocenters. The Morgan fingerprint density at radius 1 is 1.17 bits per heavy atom. The molecule has 0 radical (unpaired) electrons. The van der Waals surface area contributed by atoms with Crippen molar-refractivity contribution in [3.05, 3.63) is 75.2 Å². The maximum Gasteiger partial charge on any atom is 0.276 e. The van der Waals surface area contributed by atoms with Gasteiger partial charge in [-0.05, 0) is 36.4 Å². The zero-order chi connectivity index (χ0) is 21.0. The molecule has 5 N–H and O–H groups in total.